The summed E-state index contributed by atoms with van der Waals surface area (Å²) < 4.78 is 6.75. The molecule has 0 aliphatic heterocycles. The Balaban J connectivity index is 2.35. The molecule has 104 valence electrons. The summed E-state index contributed by atoms with van der Waals surface area (Å²) in [5, 5.41) is 8.95. The number of pyridine rings is 1. The molecule has 0 aliphatic carbocycles. The van der Waals surface area contributed by atoms with E-state index in [1.54, 1.807) is 0 Å². The van der Waals surface area contributed by atoms with Crippen molar-refractivity contribution in [3.05, 3.63) is 52.3 Å². The van der Waals surface area contributed by atoms with Crippen LogP contribution in [0.2, 0.25) is 0 Å². The Bertz CT molecular complexity index is 641. The second-order valence-corrected chi connectivity index (χ2v) is 5.57. The number of rotatable bonds is 4. The predicted octanol–water partition coefficient (Wildman–Crippen LogP) is 4.46. The van der Waals surface area contributed by atoms with Gasteiger partial charge in [0.2, 0.25) is 0 Å². The van der Waals surface area contributed by atoms with Crippen molar-refractivity contribution < 1.29 is 14.6 Å². The molecule has 0 amide bonds. The van der Waals surface area contributed by atoms with Crippen molar-refractivity contribution in [2.45, 2.75) is 19.8 Å². The van der Waals surface area contributed by atoms with Gasteiger partial charge in [-0.2, -0.15) is 0 Å². The van der Waals surface area contributed by atoms with E-state index in [2.05, 4.69) is 34.8 Å². The maximum Gasteiger partial charge on any atom is 0.337 e. The van der Waals surface area contributed by atoms with Crippen LogP contribution in [-0.4, -0.2) is 16.1 Å². The van der Waals surface area contributed by atoms with Gasteiger partial charge in [0.1, 0.15) is 11.5 Å². The monoisotopic (exact) mass is 335 g/mol. The fourth-order valence-corrected chi connectivity index (χ4v) is 2.16. The fourth-order valence-electron chi connectivity index (χ4n) is 1.78. The molecular formula is C15H14BrNO3. The number of hydrogen-bond acceptors (Lipinski definition) is 3. The van der Waals surface area contributed by atoms with Gasteiger partial charge in [0, 0.05) is 10.7 Å². The first-order chi connectivity index (χ1) is 9.47. The van der Waals surface area contributed by atoms with Gasteiger partial charge in [-0.25, -0.2) is 4.79 Å². The van der Waals surface area contributed by atoms with Gasteiger partial charge in [-0.3, -0.25) is 4.98 Å². The lowest BCUT2D eigenvalue weighted by atomic mass is 10.0. The predicted molar refractivity (Wildman–Crippen MR) is 79.5 cm³/mol. The van der Waals surface area contributed by atoms with Crippen LogP contribution in [0, 0.1) is 0 Å². The first-order valence-corrected chi connectivity index (χ1v) is 6.92. The highest BCUT2D eigenvalue weighted by atomic mass is 79.9. The normalized spacial score (nSPS) is 10.6. The third kappa shape index (κ3) is 3.36. The molecule has 1 N–H and O–H groups in total. The molecule has 0 unspecified atom stereocenters. The minimum atomic E-state index is -1.03. The van der Waals surface area contributed by atoms with Crippen LogP contribution in [0.4, 0.5) is 0 Å². The Kier molecular flexibility index (Phi) is 4.39. The fraction of sp³-hybridized carbons (Fsp3) is 0.200. The number of carbonyl (C=O) groups is 1. The van der Waals surface area contributed by atoms with Crippen molar-refractivity contribution in [1.82, 2.24) is 4.98 Å². The molecule has 5 heteroatoms. The third-order valence-electron chi connectivity index (χ3n) is 2.78. The lowest BCUT2D eigenvalue weighted by Gasteiger charge is -2.14. The summed E-state index contributed by atoms with van der Waals surface area (Å²) in [5.74, 6) is 0.377. The van der Waals surface area contributed by atoms with E-state index in [-0.39, 0.29) is 11.5 Å². The van der Waals surface area contributed by atoms with Crippen LogP contribution in [0.25, 0.3) is 0 Å². The Morgan fingerprint density at radius 2 is 2.05 bits per heavy atom. The van der Waals surface area contributed by atoms with Gasteiger partial charge < -0.3 is 9.84 Å². The summed E-state index contributed by atoms with van der Waals surface area (Å²) in [6, 6.07) is 7.19. The largest absolute Gasteiger partial charge is 0.478 e. The summed E-state index contributed by atoms with van der Waals surface area (Å²) in [6.07, 6.45) is 2.79. The van der Waals surface area contributed by atoms with Crippen molar-refractivity contribution in [1.29, 1.82) is 0 Å². The topological polar surface area (TPSA) is 59.4 Å². The van der Waals surface area contributed by atoms with E-state index in [1.165, 1.54) is 18.5 Å². The second-order valence-electron chi connectivity index (χ2n) is 4.65. The molecule has 0 aliphatic rings. The number of carboxylic acids is 1. The van der Waals surface area contributed by atoms with E-state index in [0.717, 1.165) is 10.0 Å². The maximum atomic E-state index is 10.9. The van der Waals surface area contributed by atoms with Crippen LogP contribution in [0.15, 0.2) is 41.1 Å². The van der Waals surface area contributed by atoms with Crippen molar-refractivity contribution in [3.8, 4) is 11.5 Å². The molecule has 0 saturated carbocycles. The van der Waals surface area contributed by atoms with Crippen molar-refractivity contribution in [3.63, 3.8) is 0 Å². The number of aromatic nitrogens is 1. The third-order valence-corrected chi connectivity index (χ3v) is 3.28. The number of ether oxygens (including phenoxy) is 1. The zero-order valence-electron chi connectivity index (χ0n) is 11.1. The summed E-state index contributed by atoms with van der Waals surface area (Å²) in [4.78, 5) is 14.8. The molecule has 20 heavy (non-hydrogen) atoms. The van der Waals surface area contributed by atoms with Gasteiger partial charge in [0.25, 0.3) is 0 Å². The highest BCUT2D eigenvalue weighted by molar-refractivity contribution is 9.10. The van der Waals surface area contributed by atoms with Crippen LogP contribution < -0.4 is 4.74 Å². The summed E-state index contributed by atoms with van der Waals surface area (Å²) in [6.45, 7) is 4.14. The van der Waals surface area contributed by atoms with Crippen LogP contribution in [0.3, 0.4) is 0 Å². The number of aromatic carboxylic acids is 1. The zero-order chi connectivity index (χ0) is 14.7. The van der Waals surface area contributed by atoms with Gasteiger partial charge in [-0.15, -0.1) is 0 Å². The van der Waals surface area contributed by atoms with Crippen LogP contribution in [0.1, 0.15) is 35.7 Å². The number of halogens is 1. The van der Waals surface area contributed by atoms with E-state index in [1.807, 2.05) is 18.2 Å². The van der Waals surface area contributed by atoms with Crippen molar-refractivity contribution in [2.75, 3.05) is 0 Å². The first kappa shape index (κ1) is 14.5. The van der Waals surface area contributed by atoms with E-state index in [9.17, 15) is 4.79 Å². The number of benzene rings is 1. The summed E-state index contributed by atoms with van der Waals surface area (Å²) in [7, 11) is 0. The van der Waals surface area contributed by atoms with E-state index in [4.69, 9.17) is 9.84 Å². The van der Waals surface area contributed by atoms with E-state index >= 15 is 0 Å². The van der Waals surface area contributed by atoms with Gasteiger partial charge in [-0.1, -0.05) is 29.8 Å². The standard InChI is InChI=1S/C15H14BrNO3/c1-9(2)13-6-11(16)3-4-14(13)20-12-5-10(15(18)19)7-17-8-12/h3-9H,1-2H3,(H,18,19). The molecule has 0 fully saturated rings. The van der Waals surface area contributed by atoms with Gasteiger partial charge >= 0.3 is 5.97 Å². The molecule has 0 bridgehead atoms. The molecule has 2 aromatic rings. The molecule has 1 heterocycles. The highest BCUT2D eigenvalue weighted by Crippen LogP contribution is 2.32. The molecule has 1 aromatic heterocycles. The van der Waals surface area contributed by atoms with Crippen LogP contribution >= 0.6 is 15.9 Å². The SMILES string of the molecule is CC(C)c1cc(Br)ccc1Oc1cncc(C(=O)O)c1. The van der Waals surface area contributed by atoms with E-state index in [0.29, 0.717) is 11.5 Å². The summed E-state index contributed by atoms with van der Waals surface area (Å²) >= 11 is 3.44. The number of hydrogen-bond donors (Lipinski definition) is 1. The van der Waals surface area contributed by atoms with Crippen LogP contribution in [0.5, 0.6) is 11.5 Å². The lowest BCUT2D eigenvalue weighted by molar-refractivity contribution is 0.0696. The second kappa shape index (κ2) is 6.05. The minimum absolute atomic E-state index is 0.103. The number of nitrogens with zero attached hydrogens (tertiary/aromatic N) is 1. The molecule has 4 nitrogen and oxygen atoms in total. The van der Waals surface area contributed by atoms with Gasteiger partial charge in [0.05, 0.1) is 11.8 Å². The quantitative estimate of drug-likeness (QED) is 0.896. The van der Waals surface area contributed by atoms with Gasteiger partial charge in [-0.05, 0) is 35.7 Å². The molecular weight excluding hydrogens is 322 g/mol. The van der Waals surface area contributed by atoms with E-state index < -0.39 is 5.97 Å². The zero-order valence-corrected chi connectivity index (χ0v) is 12.7. The lowest BCUT2D eigenvalue weighted by Crippen LogP contribution is -1.99. The van der Waals surface area contributed by atoms with Gasteiger partial charge in [0.15, 0.2) is 0 Å². The van der Waals surface area contributed by atoms with Crippen LogP contribution in [-0.2, 0) is 0 Å². The Morgan fingerprint density at radius 1 is 1.30 bits per heavy atom. The Morgan fingerprint density at radius 3 is 2.70 bits per heavy atom. The molecule has 0 radical (unpaired) electrons. The molecule has 1 aromatic carbocycles. The molecule has 0 spiro atoms. The average molecular weight is 336 g/mol. The van der Waals surface area contributed by atoms with Crippen molar-refractivity contribution >= 4 is 21.9 Å². The first-order valence-electron chi connectivity index (χ1n) is 6.13. The number of carboxylic acid groups (broad SMARTS) is 1. The Hall–Kier alpha value is -1.88. The minimum Gasteiger partial charge on any atom is -0.478 e. The molecule has 0 saturated heterocycles. The highest BCUT2D eigenvalue weighted by Gasteiger charge is 2.11. The summed E-state index contributed by atoms with van der Waals surface area (Å²) in [5.41, 5.74) is 1.14. The molecule has 2 rings (SSSR count). The molecule has 0 atom stereocenters. The smallest absolute Gasteiger partial charge is 0.337 e. The van der Waals surface area contributed by atoms with Crippen molar-refractivity contribution in [2.24, 2.45) is 0 Å². The average Bonchev–Trinajstić information content (AvgIpc) is 2.41. The maximum absolute atomic E-state index is 10.9. The Labute approximate surface area is 125 Å².